The van der Waals surface area contributed by atoms with Gasteiger partial charge in [-0.15, -0.1) is 0 Å². The number of thiol groups is 1. The topological polar surface area (TPSA) is 3.24 Å². The molecule has 0 atom stereocenters. The predicted octanol–water partition coefficient (Wildman–Crippen LogP) is 1.65. The summed E-state index contributed by atoms with van der Waals surface area (Å²) in [6.07, 6.45) is 2.78. The lowest BCUT2D eigenvalue weighted by atomic mass is 10.1. The Morgan fingerprint density at radius 1 is 1.50 bits per heavy atom. The van der Waals surface area contributed by atoms with Gasteiger partial charge in [0.05, 0.1) is 0 Å². The Labute approximate surface area is 69.2 Å². The van der Waals surface area contributed by atoms with Crippen molar-refractivity contribution in [2.24, 2.45) is 5.41 Å². The summed E-state index contributed by atoms with van der Waals surface area (Å²) in [5, 5.41) is 0. The maximum atomic E-state index is 4.35. The van der Waals surface area contributed by atoms with E-state index in [1.165, 1.54) is 19.4 Å². The Balaban J connectivity index is 2.23. The number of hydrogen-bond donors (Lipinski definition) is 1. The molecule has 0 aliphatic heterocycles. The Morgan fingerprint density at radius 3 is 2.40 bits per heavy atom. The molecule has 0 unspecified atom stereocenters. The Kier molecular flexibility index (Phi) is 2.64. The molecule has 10 heavy (non-hydrogen) atoms. The minimum Gasteiger partial charge on any atom is -0.306 e. The van der Waals surface area contributed by atoms with Crippen LogP contribution < -0.4 is 0 Å². The zero-order valence-corrected chi connectivity index (χ0v) is 7.82. The summed E-state index contributed by atoms with van der Waals surface area (Å²) < 4.78 is 0. The molecule has 1 aliphatic rings. The van der Waals surface area contributed by atoms with E-state index in [2.05, 4.69) is 31.5 Å². The second-order valence-corrected chi connectivity index (χ2v) is 3.80. The van der Waals surface area contributed by atoms with Crippen molar-refractivity contribution in [3.05, 3.63) is 0 Å². The van der Waals surface area contributed by atoms with Crippen LogP contribution in [0.15, 0.2) is 0 Å². The fourth-order valence-electron chi connectivity index (χ4n) is 1.23. The van der Waals surface area contributed by atoms with E-state index in [9.17, 15) is 0 Å². The molecule has 0 bridgehead atoms. The average Bonchev–Trinajstić information content (AvgIpc) is 2.70. The zero-order valence-electron chi connectivity index (χ0n) is 6.93. The minimum absolute atomic E-state index is 0.605. The maximum Gasteiger partial charge on any atom is 0.00426 e. The van der Waals surface area contributed by atoms with E-state index in [0.717, 1.165) is 12.3 Å². The molecule has 0 saturated heterocycles. The number of rotatable bonds is 4. The van der Waals surface area contributed by atoms with Crippen LogP contribution in [0.25, 0.3) is 0 Å². The quantitative estimate of drug-likeness (QED) is 0.610. The second-order valence-electron chi connectivity index (χ2n) is 3.49. The summed E-state index contributed by atoms with van der Waals surface area (Å²) in [7, 11) is 2.18. The van der Waals surface area contributed by atoms with Crippen LogP contribution >= 0.6 is 12.6 Å². The molecule has 1 fully saturated rings. The molecule has 0 amide bonds. The van der Waals surface area contributed by atoms with Crippen LogP contribution in [0, 0.1) is 5.41 Å². The fourth-order valence-corrected chi connectivity index (χ4v) is 1.64. The molecule has 0 radical (unpaired) electrons. The van der Waals surface area contributed by atoms with Crippen molar-refractivity contribution < 1.29 is 0 Å². The molecule has 1 rings (SSSR count). The van der Waals surface area contributed by atoms with Gasteiger partial charge < -0.3 is 4.90 Å². The highest BCUT2D eigenvalue weighted by atomic mass is 32.1. The monoisotopic (exact) mass is 159 g/mol. The first kappa shape index (κ1) is 8.41. The van der Waals surface area contributed by atoms with Crippen molar-refractivity contribution >= 4 is 12.6 Å². The van der Waals surface area contributed by atoms with Gasteiger partial charge in [-0.25, -0.2) is 0 Å². The summed E-state index contributed by atoms with van der Waals surface area (Å²) >= 11 is 4.35. The molecule has 0 aromatic heterocycles. The van der Waals surface area contributed by atoms with E-state index in [1.807, 2.05) is 0 Å². The van der Waals surface area contributed by atoms with Crippen molar-refractivity contribution in [3.8, 4) is 0 Å². The first-order valence-electron chi connectivity index (χ1n) is 4.02. The van der Waals surface area contributed by atoms with Crippen molar-refractivity contribution in [1.82, 2.24) is 4.90 Å². The Morgan fingerprint density at radius 2 is 2.10 bits per heavy atom. The SMILES string of the molecule is CCN(C)CC1(CS)CC1. The first-order valence-corrected chi connectivity index (χ1v) is 4.65. The zero-order chi connectivity index (χ0) is 7.61. The summed E-state index contributed by atoms with van der Waals surface area (Å²) in [6.45, 7) is 4.61. The largest absolute Gasteiger partial charge is 0.306 e. The van der Waals surface area contributed by atoms with Crippen LogP contribution in [0.4, 0.5) is 0 Å². The maximum absolute atomic E-state index is 4.35. The van der Waals surface area contributed by atoms with E-state index in [-0.39, 0.29) is 0 Å². The number of hydrogen-bond acceptors (Lipinski definition) is 2. The van der Waals surface area contributed by atoms with Crippen LogP contribution in [-0.4, -0.2) is 30.8 Å². The first-order chi connectivity index (χ1) is 4.72. The van der Waals surface area contributed by atoms with Crippen molar-refractivity contribution in [2.75, 3.05) is 25.9 Å². The summed E-state index contributed by atoms with van der Waals surface area (Å²) in [6, 6.07) is 0. The highest BCUT2D eigenvalue weighted by Crippen LogP contribution is 2.46. The van der Waals surface area contributed by atoms with E-state index >= 15 is 0 Å². The number of nitrogens with zero attached hydrogens (tertiary/aromatic N) is 1. The van der Waals surface area contributed by atoms with Crippen molar-refractivity contribution in [2.45, 2.75) is 19.8 Å². The average molecular weight is 159 g/mol. The molecular formula is C8H17NS. The molecule has 0 aromatic carbocycles. The molecule has 60 valence electrons. The standard InChI is InChI=1S/C8H17NS/c1-3-9(2)6-8(7-10)4-5-8/h10H,3-7H2,1-2H3. The lowest BCUT2D eigenvalue weighted by Gasteiger charge is -2.20. The minimum atomic E-state index is 0.605. The Bertz CT molecular complexity index is 110. The molecule has 1 nitrogen and oxygen atoms in total. The molecule has 0 heterocycles. The Hall–Kier alpha value is 0.310. The van der Waals surface area contributed by atoms with Gasteiger partial charge in [0.25, 0.3) is 0 Å². The van der Waals surface area contributed by atoms with Crippen LogP contribution in [-0.2, 0) is 0 Å². The van der Waals surface area contributed by atoms with Gasteiger partial charge in [-0.1, -0.05) is 6.92 Å². The van der Waals surface area contributed by atoms with Gasteiger partial charge in [-0.2, -0.15) is 12.6 Å². The third-order valence-corrected chi connectivity index (χ3v) is 3.11. The van der Waals surface area contributed by atoms with Crippen LogP contribution in [0.2, 0.25) is 0 Å². The summed E-state index contributed by atoms with van der Waals surface area (Å²) in [5.41, 5.74) is 0.605. The molecule has 0 aromatic rings. The lowest BCUT2D eigenvalue weighted by molar-refractivity contribution is 0.291. The predicted molar refractivity (Wildman–Crippen MR) is 48.7 cm³/mol. The van der Waals surface area contributed by atoms with Crippen LogP contribution in [0.1, 0.15) is 19.8 Å². The van der Waals surface area contributed by atoms with Crippen LogP contribution in [0.3, 0.4) is 0 Å². The molecular weight excluding hydrogens is 142 g/mol. The van der Waals surface area contributed by atoms with E-state index < -0.39 is 0 Å². The van der Waals surface area contributed by atoms with Gasteiger partial charge >= 0.3 is 0 Å². The highest BCUT2D eigenvalue weighted by molar-refractivity contribution is 7.80. The summed E-state index contributed by atoms with van der Waals surface area (Å²) in [4.78, 5) is 2.38. The van der Waals surface area contributed by atoms with Gasteiger partial charge in [0.15, 0.2) is 0 Å². The van der Waals surface area contributed by atoms with Crippen LogP contribution in [0.5, 0.6) is 0 Å². The third kappa shape index (κ3) is 1.89. The molecule has 0 N–H and O–H groups in total. The molecule has 0 spiro atoms. The second kappa shape index (κ2) is 3.14. The van der Waals surface area contributed by atoms with E-state index in [1.54, 1.807) is 0 Å². The normalized spacial score (nSPS) is 21.6. The lowest BCUT2D eigenvalue weighted by Crippen LogP contribution is -2.27. The van der Waals surface area contributed by atoms with Crippen molar-refractivity contribution in [3.63, 3.8) is 0 Å². The van der Waals surface area contributed by atoms with E-state index in [0.29, 0.717) is 5.41 Å². The molecule has 1 saturated carbocycles. The third-order valence-electron chi connectivity index (χ3n) is 2.44. The van der Waals surface area contributed by atoms with Gasteiger partial charge in [0.2, 0.25) is 0 Å². The highest BCUT2D eigenvalue weighted by Gasteiger charge is 2.41. The van der Waals surface area contributed by atoms with Gasteiger partial charge in [0.1, 0.15) is 0 Å². The molecule has 2 heteroatoms. The van der Waals surface area contributed by atoms with Gasteiger partial charge in [-0.05, 0) is 37.6 Å². The van der Waals surface area contributed by atoms with Gasteiger partial charge in [-0.3, -0.25) is 0 Å². The van der Waals surface area contributed by atoms with E-state index in [4.69, 9.17) is 0 Å². The molecule has 1 aliphatic carbocycles. The smallest absolute Gasteiger partial charge is 0.00426 e. The fraction of sp³-hybridized carbons (Fsp3) is 1.00. The van der Waals surface area contributed by atoms with Gasteiger partial charge in [0, 0.05) is 6.54 Å². The summed E-state index contributed by atoms with van der Waals surface area (Å²) in [5.74, 6) is 1.07. The van der Waals surface area contributed by atoms with Crippen molar-refractivity contribution in [1.29, 1.82) is 0 Å².